The highest BCUT2D eigenvalue weighted by atomic mass is 16.5. The smallest absolute Gasteiger partial charge is 0.337 e. The van der Waals surface area contributed by atoms with Crippen LogP contribution in [0, 0.1) is 11.8 Å². The van der Waals surface area contributed by atoms with Crippen molar-refractivity contribution >= 4 is 16.9 Å². The van der Waals surface area contributed by atoms with E-state index < -0.39 is 0 Å². The van der Waals surface area contributed by atoms with Crippen LogP contribution < -0.4 is 4.74 Å². The van der Waals surface area contributed by atoms with E-state index in [4.69, 9.17) is 14.2 Å². The number of ether oxygens (including phenoxy) is 3. The van der Waals surface area contributed by atoms with Gasteiger partial charge in [0.05, 0.1) is 38.2 Å². The number of carbonyl (C=O) groups excluding carboxylic acids is 1. The summed E-state index contributed by atoms with van der Waals surface area (Å²) in [5, 5.41) is 1.28. The molecule has 0 amide bonds. The number of aromatic amines is 1. The summed E-state index contributed by atoms with van der Waals surface area (Å²) >= 11 is 0. The average molecular weight is 382 g/mol. The van der Waals surface area contributed by atoms with Crippen LogP contribution in [0.15, 0.2) is 30.0 Å². The number of rotatable bonds is 2. The molecule has 1 saturated heterocycles. The van der Waals surface area contributed by atoms with E-state index in [9.17, 15) is 4.79 Å². The number of piperidine rings is 1. The number of aromatic nitrogens is 1. The molecule has 0 spiro atoms. The first-order valence-electron chi connectivity index (χ1n) is 9.97. The van der Waals surface area contributed by atoms with Crippen LogP contribution in [0.4, 0.5) is 0 Å². The van der Waals surface area contributed by atoms with Crippen molar-refractivity contribution in [2.24, 2.45) is 11.8 Å². The molecule has 1 unspecified atom stereocenters. The van der Waals surface area contributed by atoms with Gasteiger partial charge in [-0.15, -0.1) is 0 Å². The molecule has 1 aromatic carbocycles. The Hall–Kier alpha value is -2.47. The Morgan fingerprint density at radius 1 is 1.32 bits per heavy atom. The highest BCUT2D eigenvalue weighted by molar-refractivity contribution is 5.89. The third kappa shape index (κ3) is 2.54. The number of nitrogens with one attached hydrogen (secondary N) is 1. The Labute approximate surface area is 164 Å². The van der Waals surface area contributed by atoms with Crippen LogP contribution in [0.25, 0.3) is 10.9 Å². The number of H-pyrrole nitrogens is 1. The van der Waals surface area contributed by atoms with Crippen molar-refractivity contribution in [2.75, 3.05) is 27.3 Å². The van der Waals surface area contributed by atoms with Gasteiger partial charge in [0.25, 0.3) is 0 Å². The summed E-state index contributed by atoms with van der Waals surface area (Å²) in [6.45, 7) is 4.07. The minimum Gasteiger partial charge on any atom is -0.497 e. The summed E-state index contributed by atoms with van der Waals surface area (Å²) in [5.41, 5.74) is 4.49. The van der Waals surface area contributed by atoms with Crippen LogP contribution in [0.1, 0.15) is 30.6 Å². The topological polar surface area (TPSA) is 63.8 Å². The van der Waals surface area contributed by atoms with E-state index in [-0.39, 0.29) is 24.0 Å². The number of hydrogen-bond donors (Lipinski definition) is 1. The van der Waals surface area contributed by atoms with E-state index in [1.165, 1.54) is 23.8 Å². The van der Waals surface area contributed by atoms with Crippen molar-refractivity contribution in [3.8, 4) is 5.75 Å². The number of benzene rings is 1. The standard InChI is InChI=1S/C22H26N2O4/c1-12-17-10-24-7-6-15-14-5-4-13(26-2)8-19(14)23-21(15)20(24)9-16(17)18(11-28-12)22(25)27-3/h4-5,8,11-12,16-17,20,23H,6-7,9-10H2,1-3H3/t12?,16-,17+,20-/m0/s1. The van der Waals surface area contributed by atoms with Gasteiger partial charge in [0.1, 0.15) is 5.75 Å². The fourth-order valence-electron chi connectivity index (χ4n) is 5.35. The summed E-state index contributed by atoms with van der Waals surface area (Å²) in [5.74, 6) is 1.05. The minimum absolute atomic E-state index is 0.104. The van der Waals surface area contributed by atoms with Gasteiger partial charge in [-0.05, 0) is 37.5 Å². The van der Waals surface area contributed by atoms with E-state index in [1.54, 1.807) is 13.4 Å². The second-order valence-electron chi connectivity index (χ2n) is 8.10. The van der Waals surface area contributed by atoms with Gasteiger partial charge < -0.3 is 19.2 Å². The normalized spacial score (nSPS) is 29.2. The second-order valence-corrected chi connectivity index (χ2v) is 8.10. The molecule has 3 aliphatic heterocycles. The maximum Gasteiger partial charge on any atom is 0.337 e. The predicted octanol–water partition coefficient (Wildman–Crippen LogP) is 3.19. The van der Waals surface area contributed by atoms with Crippen LogP contribution in [0.3, 0.4) is 0 Å². The number of fused-ring (bicyclic) bond motifs is 6. The second kappa shape index (κ2) is 6.55. The highest BCUT2D eigenvalue weighted by Crippen LogP contribution is 2.47. The lowest BCUT2D eigenvalue weighted by Crippen LogP contribution is -2.51. The Kier molecular flexibility index (Phi) is 4.12. The summed E-state index contributed by atoms with van der Waals surface area (Å²) in [6, 6.07) is 6.53. The maximum atomic E-state index is 12.3. The molecule has 1 fully saturated rings. The van der Waals surface area contributed by atoms with Crippen LogP contribution in [-0.4, -0.2) is 49.3 Å². The van der Waals surface area contributed by atoms with Crippen molar-refractivity contribution in [1.29, 1.82) is 0 Å². The molecule has 3 aliphatic rings. The van der Waals surface area contributed by atoms with Gasteiger partial charge in [-0.25, -0.2) is 4.79 Å². The Bertz CT molecular complexity index is 963. The molecule has 4 atom stereocenters. The van der Waals surface area contributed by atoms with Crippen molar-refractivity contribution in [2.45, 2.75) is 31.9 Å². The molecule has 2 aromatic rings. The van der Waals surface area contributed by atoms with Crippen LogP contribution in [0.2, 0.25) is 0 Å². The Balaban J connectivity index is 1.54. The molecule has 1 N–H and O–H groups in total. The Morgan fingerprint density at radius 2 is 2.18 bits per heavy atom. The van der Waals surface area contributed by atoms with Gasteiger partial charge in [-0.1, -0.05) is 0 Å². The maximum absolute atomic E-state index is 12.3. The molecule has 0 radical (unpaired) electrons. The lowest BCUT2D eigenvalue weighted by atomic mass is 9.72. The molecule has 28 heavy (non-hydrogen) atoms. The molecular formula is C22H26N2O4. The zero-order valence-electron chi connectivity index (χ0n) is 16.5. The number of carbonyl (C=O) groups is 1. The highest BCUT2D eigenvalue weighted by Gasteiger charge is 2.46. The first kappa shape index (κ1) is 17.6. The van der Waals surface area contributed by atoms with Crippen molar-refractivity contribution < 1.29 is 19.0 Å². The fraction of sp³-hybridized carbons (Fsp3) is 0.500. The number of nitrogens with zero attached hydrogens (tertiary/aromatic N) is 1. The van der Waals surface area contributed by atoms with Crippen molar-refractivity contribution in [1.82, 2.24) is 9.88 Å². The average Bonchev–Trinajstić information content (AvgIpc) is 3.10. The molecule has 6 heteroatoms. The predicted molar refractivity (Wildman–Crippen MR) is 105 cm³/mol. The van der Waals surface area contributed by atoms with Crippen molar-refractivity contribution in [3.05, 3.63) is 41.3 Å². The van der Waals surface area contributed by atoms with E-state index in [0.29, 0.717) is 11.5 Å². The molecule has 148 valence electrons. The van der Waals surface area contributed by atoms with E-state index in [2.05, 4.69) is 28.9 Å². The van der Waals surface area contributed by atoms with Crippen LogP contribution >= 0.6 is 0 Å². The van der Waals surface area contributed by atoms with Gasteiger partial charge in [0, 0.05) is 47.6 Å². The molecular weight excluding hydrogens is 356 g/mol. The van der Waals surface area contributed by atoms with Gasteiger partial charge >= 0.3 is 5.97 Å². The third-order valence-electron chi connectivity index (χ3n) is 6.84. The first-order chi connectivity index (χ1) is 13.6. The molecule has 1 aromatic heterocycles. The molecule has 0 bridgehead atoms. The fourth-order valence-corrected chi connectivity index (χ4v) is 5.35. The monoisotopic (exact) mass is 382 g/mol. The molecule has 6 nitrogen and oxygen atoms in total. The zero-order chi connectivity index (χ0) is 19.4. The summed E-state index contributed by atoms with van der Waals surface area (Å²) in [7, 11) is 3.13. The summed E-state index contributed by atoms with van der Waals surface area (Å²) in [6.07, 6.45) is 3.67. The SMILES string of the molecule is COC(=O)C1=COC(C)[C@H]2CN3CCc4c([nH]c5cc(OC)ccc45)[C@@H]3C[C@H]12. The van der Waals surface area contributed by atoms with E-state index >= 15 is 0 Å². The largest absolute Gasteiger partial charge is 0.497 e. The molecule has 0 aliphatic carbocycles. The minimum atomic E-state index is -0.271. The molecule has 0 saturated carbocycles. The van der Waals surface area contributed by atoms with Gasteiger partial charge in [-0.3, -0.25) is 4.90 Å². The summed E-state index contributed by atoms with van der Waals surface area (Å²) in [4.78, 5) is 18.6. The van der Waals surface area contributed by atoms with Gasteiger partial charge in [-0.2, -0.15) is 0 Å². The van der Waals surface area contributed by atoms with Crippen LogP contribution in [-0.2, 0) is 20.7 Å². The van der Waals surface area contributed by atoms with Crippen LogP contribution in [0.5, 0.6) is 5.75 Å². The summed E-state index contributed by atoms with van der Waals surface area (Å²) < 4.78 is 16.2. The number of methoxy groups -OCH3 is 2. The van der Waals surface area contributed by atoms with E-state index in [1.807, 2.05) is 6.07 Å². The first-order valence-corrected chi connectivity index (χ1v) is 9.97. The lowest BCUT2D eigenvalue weighted by molar-refractivity contribution is -0.139. The van der Waals surface area contributed by atoms with Gasteiger partial charge in [0.15, 0.2) is 0 Å². The number of esters is 1. The van der Waals surface area contributed by atoms with Crippen molar-refractivity contribution in [3.63, 3.8) is 0 Å². The number of hydrogen-bond acceptors (Lipinski definition) is 5. The molecule has 4 heterocycles. The Morgan fingerprint density at radius 3 is 2.96 bits per heavy atom. The van der Waals surface area contributed by atoms with E-state index in [0.717, 1.165) is 37.2 Å². The van der Waals surface area contributed by atoms with Gasteiger partial charge in [0.2, 0.25) is 0 Å². The molecule has 5 rings (SSSR count). The third-order valence-corrected chi connectivity index (χ3v) is 6.84. The quantitative estimate of drug-likeness (QED) is 0.809. The lowest BCUT2D eigenvalue weighted by Gasteiger charge is -2.49. The zero-order valence-corrected chi connectivity index (χ0v) is 16.5.